The molecule has 0 radical (unpaired) electrons. The van der Waals surface area contributed by atoms with E-state index < -0.39 is 0 Å². The van der Waals surface area contributed by atoms with E-state index >= 15 is 0 Å². The zero-order valence-corrected chi connectivity index (χ0v) is 16.1. The molecular formula is C22H31N3O2. The van der Waals surface area contributed by atoms with E-state index in [0.29, 0.717) is 30.1 Å². The highest BCUT2D eigenvalue weighted by Crippen LogP contribution is 2.33. The number of fused-ring (bicyclic) bond motifs is 1. The van der Waals surface area contributed by atoms with Crippen LogP contribution in [0.25, 0.3) is 0 Å². The van der Waals surface area contributed by atoms with Gasteiger partial charge in [0.1, 0.15) is 0 Å². The van der Waals surface area contributed by atoms with E-state index in [4.69, 9.17) is 5.73 Å². The van der Waals surface area contributed by atoms with Crippen molar-refractivity contribution in [2.24, 2.45) is 17.8 Å². The van der Waals surface area contributed by atoms with E-state index in [1.165, 1.54) is 32.1 Å². The normalized spacial score (nSPS) is 25.6. The Morgan fingerprint density at radius 1 is 0.852 bits per heavy atom. The summed E-state index contributed by atoms with van der Waals surface area (Å²) in [5.74, 6) is 2.04. The monoisotopic (exact) mass is 369 g/mol. The second-order valence-corrected chi connectivity index (χ2v) is 8.74. The third kappa shape index (κ3) is 4.28. The Kier molecular flexibility index (Phi) is 5.37. The molecule has 0 aromatic heterocycles. The highest BCUT2D eigenvalue weighted by atomic mass is 16.2. The van der Waals surface area contributed by atoms with Gasteiger partial charge in [0, 0.05) is 50.1 Å². The molecule has 146 valence electrons. The molecule has 2 aliphatic heterocycles. The molecule has 3 fully saturated rings. The van der Waals surface area contributed by atoms with Crippen molar-refractivity contribution in [2.45, 2.75) is 44.9 Å². The first-order valence-corrected chi connectivity index (χ1v) is 10.5. The van der Waals surface area contributed by atoms with E-state index in [9.17, 15) is 9.59 Å². The van der Waals surface area contributed by atoms with Gasteiger partial charge in [-0.2, -0.15) is 0 Å². The summed E-state index contributed by atoms with van der Waals surface area (Å²) in [6.45, 7) is 3.26. The SMILES string of the molecule is Nc1ccc(CC(=O)N2CC3CN(C(=O)CC4CCCCC4)CC3C2)cc1. The van der Waals surface area contributed by atoms with Crippen molar-refractivity contribution in [3.05, 3.63) is 29.8 Å². The topological polar surface area (TPSA) is 66.6 Å². The number of hydrogen-bond acceptors (Lipinski definition) is 3. The van der Waals surface area contributed by atoms with Gasteiger partial charge in [0.05, 0.1) is 6.42 Å². The molecule has 2 amide bonds. The van der Waals surface area contributed by atoms with Crippen LogP contribution in [0.5, 0.6) is 0 Å². The van der Waals surface area contributed by atoms with Crippen molar-refractivity contribution in [2.75, 3.05) is 31.9 Å². The number of hydrogen-bond donors (Lipinski definition) is 1. The Bertz CT molecular complexity index is 667. The molecule has 2 saturated heterocycles. The minimum absolute atomic E-state index is 0.189. The van der Waals surface area contributed by atoms with Gasteiger partial charge in [-0.15, -0.1) is 0 Å². The van der Waals surface area contributed by atoms with E-state index in [0.717, 1.165) is 43.9 Å². The predicted octanol–water partition coefficient (Wildman–Crippen LogP) is 2.70. The average molecular weight is 370 g/mol. The molecule has 1 aromatic carbocycles. The maximum atomic E-state index is 12.7. The largest absolute Gasteiger partial charge is 0.399 e. The third-order valence-electron chi connectivity index (χ3n) is 6.71. The number of carbonyl (C=O) groups is 2. The molecule has 2 unspecified atom stereocenters. The Balaban J connectivity index is 1.25. The van der Waals surface area contributed by atoms with Crippen LogP contribution in [-0.2, 0) is 16.0 Å². The number of amides is 2. The zero-order valence-electron chi connectivity index (χ0n) is 16.1. The molecule has 1 saturated carbocycles. The molecule has 0 spiro atoms. The molecular weight excluding hydrogens is 338 g/mol. The lowest BCUT2D eigenvalue weighted by Gasteiger charge is -2.25. The summed E-state index contributed by atoms with van der Waals surface area (Å²) in [4.78, 5) is 29.4. The average Bonchev–Trinajstić information content (AvgIpc) is 3.24. The molecule has 2 heterocycles. The Hall–Kier alpha value is -2.04. The number of nitrogen functional groups attached to an aromatic ring is 1. The van der Waals surface area contributed by atoms with Gasteiger partial charge in [-0.05, 0) is 36.5 Å². The van der Waals surface area contributed by atoms with Crippen LogP contribution >= 0.6 is 0 Å². The maximum Gasteiger partial charge on any atom is 0.227 e. The van der Waals surface area contributed by atoms with Crippen molar-refractivity contribution in [3.63, 3.8) is 0 Å². The van der Waals surface area contributed by atoms with E-state index in [1.807, 2.05) is 29.2 Å². The van der Waals surface area contributed by atoms with Crippen molar-refractivity contribution in [3.8, 4) is 0 Å². The van der Waals surface area contributed by atoms with Crippen molar-refractivity contribution in [1.29, 1.82) is 0 Å². The minimum atomic E-state index is 0.189. The van der Waals surface area contributed by atoms with Gasteiger partial charge >= 0.3 is 0 Å². The fourth-order valence-corrected chi connectivity index (χ4v) is 5.09. The smallest absolute Gasteiger partial charge is 0.227 e. The highest BCUT2D eigenvalue weighted by Gasteiger charge is 2.42. The van der Waals surface area contributed by atoms with Crippen LogP contribution in [0.15, 0.2) is 24.3 Å². The van der Waals surface area contributed by atoms with Gasteiger partial charge in [0.2, 0.25) is 11.8 Å². The van der Waals surface area contributed by atoms with Crippen LogP contribution in [0.1, 0.15) is 44.1 Å². The van der Waals surface area contributed by atoms with Crippen molar-refractivity contribution in [1.82, 2.24) is 9.80 Å². The standard InChI is InChI=1S/C22H31N3O2/c23-20-8-6-17(7-9-20)11-22(27)25-14-18-12-24(13-19(18)15-25)21(26)10-16-4-2-1-3-5-16/h6-9,16,18-19H,1-5,10-15,23H2. The van der Waals surface area contributed by atoms with Crippen LogP contribution in [0.2, 0.25) is 0 Å². The molecule has 1 aliphatic carbocycles. The summed E-state index contributed by atoms with van der Waals surface area (Å²) in [5, 5.41) is 0. The molecule has 3 aliphatic rings. The fraction of sp³-hybridized carbons (Fsp3) is 0.636. The summed E-state index contributed by atoms with van der Waals surface area (Å²) in [6.07, 6.45) is 7.52. The van der Waals surface area contributed by atoms with Crippen molar-refractivity contribution >= 4 is 17.5 Å². The van der Waals surface area contributed by atoms with Crippen LogP contribution in [0.3, 0.4) is 0 Å². The van der Waals surface area contributed by atoms with Gasteiger partial charge in [-0.25, -0.2) is 0 Å². The summed E-state index contributed by atoms with van der Waals surface area (Å²) in [7, 11) is 0. The minimum Gasteiger partial charge on any atom is -0.399 e. The van der Waals surface area contributed by atoms with Gasteiger partial charge in [-0.1, -0.05) is 31.4 Å². The molecule has 2 atom stereocenters. The zero-order chi connectivity index (χ0) is 18.8. The molecule has 5 heteroatoms. The number of likely N-dealkylation sites (tertiary alicyclic amines) is 2. The molecule has 4 rings (SSSR count). The number of nitrogens with two attached hydrogens (primary N) is 1. The molecule has 2 N–H and O–H groups in total. The van der Waals surface area contributed by atoms with Gasteiger partial charge in [0.15, 0.2) is 0 Å². The summed E-state index contributed by atoms with van der Waals surface area (Å²) < 4.78 is 0. The van der Waals surface area contributed by atoms with Crippen LogP contribution in [-0.4, -0.2) is 47.8 Å². The summed E-state index contributed by atoms with van der Waals surface area (Å²) >= 11 is 0. The van der Waals surface area contributed by atoms with Crippen LogP contribution in [0.4, 0.5) is 5.69 Å². The highest BCUT2D eigenvalue weighted by molar-refractivity contribution is 5.80. The first-order chi connectivity index (χ1) is 13.1. The lowest BCUT2D eigenvalue weighted by atomic mass is 9.87. The summed E-state index contributed by atoms with van der Waals surface area (Å²) in [6, 6.07) is 7.54. The molecule has 27 heavy (non-hydrogen) atoms. The van der Waals surface area contributed by atoms with Crippen LogP contribution < -0.4 is 5.73 Å². The fourth-order valence-electron chi connectivity index (χ4n) is 5.09. The lowest BCUT2D eigenvalue weighted by molar-refractivity contribution is -0.132. The molecule has 5 nitrogen and oxygen atoms in total. The predicted molar refractivity (Wildman–Crippen MR) is 106 cm³/mol. The van der Waals surface area contributed by atoms with Gasteiger partial charge < -0.3 is 15.5 Å². The second-order valence-electron chi connectivity index (χ2n) is 8.74. The quantitative estimate of drug-likeness (QED) is 0.830. The first-order valence-electron chi connectivity index (χ1n) is 10.5. The van der Waals surface area contributed by atoms with E-state index in [2.05, 4.69) is 4.90 Å². The number of benzene rings is 1. The summed E-state index contributed by atoms with van der Waals surface area (Å²) in [5.41, 5.74) is 7.44. The number of carbonyl (C=O) groups excluding carboxylic acids is 2. The third-order valence-corrected chi connectivity index (χ3v) is 6.71. The molecule has 0 bridgehead atoms. The molecule has 1 aromatic rings. The number of rotatable bonds is 4. The lowest BCUT2D eigenvalue weighted by Crippen LogP contribution is -2.36. The Labute approximate surface area is 161 Å². The van der Waals surface area contributed by atoms with Gasteiger partial charge in [-0.3, -0.25) is 9.59 Å². The number of nitrogens with zero attached hydrogens (tertiary/aromatic N) is 2. The van der Waals surface area contributed by atoms with E-state index in [-0.39, 0.29) is 5.91 Å². The van der Waals surface area contributed by atoms with Crippen LogP contribution in [0, 0.1) is 17.8 Å². The Morgan fingerprint density at radius 2 is 1.41 bits per heavy atom. The number of anilines is 1. The van der Waals surface area contributed by atoms with Gasteiger partial charge in [0.25, 0.3) is 0 Å². The first kappa shape index (κ1) is 18.3. The Morgan fingerprint density at radius 3 is 2.00 bits per heavy atom. The second kappa shape index (κ2) is 7.91. The maximum absolute atomic E-state index is 12.7. The van der Waals surface area contributed by atoms with E-state index in [1.54, 1.807) is 0 Å². The van der Waals surface area contributed by atoms with Crippen molar-refractivity contribution < 1.29 is 9.59 Å².